The number of hydrogen-bond donors (Lipinski definition) is 1. The molecule has 9 nitrogen and oxygen atoms in total. The van der Waals surface area contributed by atoms with Gasteiger partial charge in [-0.2, -0.15) is 0 Å². The van der Waals surface area contributed by atoms with Gasteiger partial charge in [-0.1, -0.05) is 13.8 Å². The Morgan fingerprint density at radius 1 is 0.739 bits per heavy atom. The molecule has 3 aromatic carbocycles. The van der Waals surface area contributed by atoms with E-state index in [1.807, 2.05) is 38.1 Å². The SMILES string of the molecule is COc1ccc2nccc(C(C)C3(C(C)c4ccnc5ccc(OC)cc45)NC(=O)N(c4ccc(OC(F)(F)F)cc4)C3=O)c2c1. The summed E-state index contributed by atoms with van der Waals surface area (Å²) in [6.07, 6.45) is -1.61. The molecule has 1 N–H and O–H groups in total. The van der Waals surface area contributed by atoms with Gasteiger partial charge in [0, 0.05) is 35.0 Å². The summed E-state index contributed by atoms with van der Waals surface area (Å²) < 4.78 is 53.4. The summed E-state index contributed by atoms with van der Waals surface area (Å²) >= 11 is 0. The van der Waals surface area contributed by atoms with Gasteiger partial charge < -0.3 is 19.5 Å². The van der Waals surface area contributed by atoms with Crippen LogP contribution in [0.3, 0.4) is 0 Å². The molecule has 1 aliphatic heterocycles. The number of carbonyl (C=O) groups excluding carboxylic acids is 2. The number of aromatic nitrogens is 2. The van der Waals surface area contributed by atoms with E-state index in [9.17, 15) is 22.8 Å². The molecule has 3 heterocycles. The lowest BCUT2D eigenvalue weighted by molar-refractivity contribution is -0.274. The van der Waals surface area contributed by atoms with E-state index in [2.05, 4.69) is 20.0 Å². The topological polar surface area (TPSA) is 103 Å². The van der Waals surface area contributed by atoms with Crippen molar-refractivity contribution >= 4 is 39.4 Å². The number of ether oxygens (including phenoxy) is 3. The number of imide groups is 1. The predicted molar refractivity (Wildman–Crippen MR) is 165 cm³/mol. The van der Waals surface area contributed by atoms with Gasteiger partial charge in [-0.25, -0.2) is 9.69 Å². The van der Waals surface area contributed by atoms with Crippen LogP contribution < -0.4 is 24.4 Å². The highest BCUT2D eigenvalue weighted by atomic mass is 19.4. The average Bonchev–Trinajstić information content (AvgIpc) is 3.32. The zero-order valence-corrected chi connectivity index (χ0v) is 25.3. The maximum atomic E-state index is 14.9. The van der Waals surface area contributed by atoms with Crippen molar-refractivity contribution in [1.82, 2.24) is 15.3 Å². The molecule has 0 saturated carbocycles. The Bertz CT molecular complexity index is 1870. The standard InChI is InChI=1S/C34H29F3N4O5/c1-19(25-13-15-38-29-11-9-23(44-3)17-27(25)29)33(20(2)26-14-16-39-30-12-10-24(45-4)18-28(26)30)31(42)41(32(43)40-33)21-5-7-22(8-6-21)46-34(35,36)37/h5-20H,1-4H3,(H,40,43). The minimum atomic E-state index is -4.89. The number of benzene rings is 3. The first-order valence-electron chi connectivity index (χ1n) is 14.3. The highest BCUT2D eigenvalue weighted by Gasteiger charge is 2.59. The number of pyridine rings is 2. The van der Waals surface area contributed by atoms with Gasteiger partial charge in [0.15, 0.2) is 0 Å². The van der Waals surface area contributed by atoms with Crippen LogP contribution in [0, 0.1) is 0 Å². The van der Waals surface area contributed by atoms with Gasteiger partial charge in [0.2, 0.25) is 0 Å². The molecule has 2 unspecified atom stereocenters. The van der Waals surface area contributed by atoms with Crippen LogP contribution in [0.25, 0.3) is 21.8 Å². The third-order valence-electron chi connectivity index (χ3n) is 8.67. The van der Waals surface area contributed by atoms with Crippen LogP contribution in [0.1, 0.15) is 36.8 Å². The minimum Gasteiger partial charge on any atom is -0.497 e. The van der Waals surface area contributed by atoms with Crippen molar-refractivity contribution in [3.05, 3.63) is 96.3 Å². The number of alkyl halides is 3. The molecule has 5 aromatic rings. The van der Waals surface area contributed by atoms with Crippen molar-refractivity contribution in [2.75, 3.05) is 19.1 Å². The van der Waals surface area contributed by atoms with Crippen molar-refractivity contribution < 1.29 is 37.0 Å². The molecule has 12 heteroatoms. The molecule has 2 aromatic heterocycles. The molecule has 1 aliphatic rings. The van der Waals surface area contributed by atoms with Gasteiger partial charge in [0.05, 0.1) is 30.9 Å². The van der Waals surface area contributed by atoms with Crippen molar-refractivity contribution in [3.8, 4) is 17.2 Å². The fourth-order valence-corrected chi connectivity index (χ4v) is 6.35. The molecule has 236 valence electrons. The normalized spacial score (nSPS) is 18.0. The smallest absolute Gasteiger partial charge is 0.497 e. The zero-order valence-electron chi connectivity index (χ0n) is 25.3. The largest absolute Gasteiger partial charge is 0.573 e. The quantitative estimate of drug-likeness (QED) is 0.183. The Balaban J connectivity index is 1.53. The van der Waals surface area contributed by atoms with E-state index < -0.39 is 41.4 Å². The number of fused-ring (bicyclic) bond motifs is 2. The fraction of sp³-hybridized carbons (Fsp3) is 0.235. The molecule has 2 atom stereocenters. The lowest BCUT2D eigenvalue weighted by atomic mass is 9.68. The lowest BCUT2D eigenvalue weighted by Crippen LogP contribution is -2.55. The molecular formula is C34H29F3N4O5. The maximum Gasteiger partial charge on any atom is 0.573 e. The summed E-state index contributed by atoms with van der Waals surface area (Å²) in [5, 5.41) is 4.49. The van der Waals surface area contributed by atoms with E-state index in [4.69, 9.17) is 9.47 Å². The van der Waals surface area contributed by atoms with E-state index in [0.29, 0.717) is 22.5 Å². The number of amides is 3. The van der Waals surface area contributed by atoms with Crippen LogP contribution in [0.2, 0.25) is 0 Å². The Kier molecular flexibility index (Phi) is 7.67. The second kappa shape index (κ2) is 11.5. The Hall–Kier alpha value is -5.39. The van der Waals surface area contributed by atoms with Crippen molar-refractivity contribution in [1.29, 1.82) is 0 Å². The van der Waals surface area contributed by atoms with Crippen LogP contribution in [0.4, 0.5) is 23.7 Å². The van der Waals surface area contributed by atoms with Gasteiger partial charge >= 0.3 is 12.4 Å². The van der Waals surface area contributed by atoms with E-state index in [-0.39, 0.29) is 5.69 Å². The van der Waals surface area contributed by atoms with Crippen LogP contribution in [0.15, 0.2) is 85.2 Å². The predicted octanol–water partition coefficient (Wildman–Crippen LogP) is 7.10. The summed E-state index contributed by atoms with van der Waals surface area (Å²) in [4.78, 5) is 38.6. The second-order valence-electron chi connectivity index (χ2n) is 11.0. The number of urea groups is 1. The summed E-state index contributed by atoms with van der Waals surface area (Å²) in [5.41, 5.74) is 1.31. The van der Waals surface area contributed by atoms with Gasteiger partial charge in [-0.15, -0.1) is 13.2 Å². The van der Waals surface area contributed by atoms with E-state index >= 15 is 0 Å². The molecule has 0 bridgehead atoms. The van der Waals surface area contributed by atoms with Gasteiger partial charge in [-0.3, -0.25) is 14.8 Å². The highest BCUT2D eigenvalue weighted by Crippen LogP contribution is 2.47. The van der Waals surface area contributed by atoms with Gasteiger partial charge in [0.25, 0.3) is 5.91 Å². The Morgan fingerprint density at radius 2 is 1.22 bits per heavy atom. The van der Waals surface area contributed by atoms with E-state index in [0.717, 1.165) is 38.9 Å². The average molecular weight is 631 g/mol. The van der Waals surface area contributed by atoms with Crippen molar-refractivity contribution in [2.24, 2.45) is 0 Å². The van der Waals surface area contributed by atoms with E-state index in [1.165, 1.54) is 12.1 Å². The fourth-order valence-electron chi connectivity index (χ4n) is 6.35. The number of rotatable bonds is 8. The molecule has 0 radical (unpaired) electrons. The summed E-state index contributed by atoms with van der Waals surface area (Å²) in [6, 6.07) is 18.3. The maximum absolute atomic E-state index is 14.9. The number of carbonyl (C=O) groups is 2. The number of nitrogens with one attached hydrogen (secondary N) is 1. The van der Waals surface area contributed by atoms with Gasteiger partial charge in [0.1, 0.15) is 22.8 Å². The molecular weight excluding hydrogens is 601 g/mol. The molecule has 46 heavy (non-hydrogen) atoms. The third kappa shape index (κ3) is 5.19. The first-order valence-corrected chi connectivity index (χ1v) is 14.3. The second-order valence-corrected chi connectivity index (χ2v) is 11.0. The van der Waals surface area contributed by atoms with Gasteiger partial charge in [-0.05, 0) is 83.9 Å². The molecule has 1 fully saturated rings. The first kappa shape index (κ1) is 30.6. The number of halogens is 3. The summed E-state index contributed by atoms with van der Waals surface area (Å²) in [6.45, 7) is 3.72. The Morgan fingerprint density at radius 3 is 1.67 bits per heavy atom. The lowest BCUT2D eigenvalue weighted by Gasteiger charge is -2.39. The van der Waals surface area contributed by atoms with Crippen LogP contribution in [-0.2, 0) is 4.79 Å². The minimum absolute atomic E-state index is 0.0841. The number of anilines is 1. The molecule has 0 spiro atoms. The molecule has 0 aliphatic carbocycles. The van der Waals surface area contributed by atoms with Crippen molar-refractivity contribution in [2.45, 2.75) is 37.6 Å². The highest BCUT2D eigenvalue weighted by molar-refractivity contribution is 6.24. The summed E-state index contributed by atoms with van der Waals surface area (Å²) in [5.74, 6) is -1.18. The van der Waals surface area contributed by atoms with E-state index in [1.54, 1.807) is 50.9 Å². The number of nitrogens with zero attached hydrogens (tertiary/aromatic N) is 3. The van der Waals surface area contributed by atoms with Crippen molar-refractivity contribution in [3.63, 3.8) is 0 Å². The van der Waals surface area contributed by atoms with Crippen LogP contribution in [-0.4, -0.2) is 48.0 Å². The molecule has 6 rings (SSSR count). The van der Waals surface area contributed by atoms with Crippen LogP contribution in [0.5, 0.6) is 17.2 Å². The Labute approximate surface area is 261 Å². The molecule has 1 saturated heterocycles. The third-order valence-corrected chi connectivity index (χ3v) is 8.67. The van der Waals surface area contributed by atoms with Crippen LogP contribution >= 0.6 is 0 Å². The molecule has 3 amide bonds. The first-order chi connectivity index (χ1) is 22.0. The monoisotopic (exact) mass is 630 g/mol. The zero-order chi connectivity index (χ0) is 32.8. The number of hydrogen-bond acceptors (Lipinski definition) is 7. The summed E-state index contributed by atoms with van der Waals surface area (Å²) in [7, 11) is 3.10. The number of methoxy groups -OCH3 is 2.